The first-order chi connectivity index (χ1) is 12.7. The average molecular weight is 373 g/mol. The van der Waals surface area contributed by atoms with Gasteiger partial charge in [-0.15, -0.1) is 11.3 Å². The minimum Gasteiger partial charge on any atom is -0.454 e. The van der Waals surface area contributed by atoms with Crippen LogP contribution in [-0.4, -0.2) is 30.1 Å². The van der Waals surface area contributed by atoms with Crippen LogP contribution in [0.25, 0.3) is 11.3 Å². The van der Waals surface area contributed by atoms with Crippen LogP contribution in [0.5, 0.6) is 11.5 Å². The van der Waals surface area contributed by atoms with Crippen molar-refractivity contribution in [2.45, 2.75) is 25.7 Å². The molecular weight excluding hydrogens is 354 g/mol. The second-order valence-corrected chi connectivity index (χ2v) is 7.21. The topological polar surface area (TPSA) is 89.6 Å². The lowest BCUT2D eigenvalue weighted by atomic mass is 10.1. The Balaban J connectivity index is 1.33. The number of nitrogens with one attached hydrogen (secondary N) is 2. The molecule has 26 heavy (non-hydrogen) atoms. The third-order valence-electron chi connectivity index (χ3n) is 4.57. The molecule has 2 heterocycles. The van der Waals surface area contributed by atoms with Gasteiger partial charge in [-0.3, -0.25) is 9.59 Å². The van der Waals surface area contributed by atoms with Crippen molar-refractivity contribution < 1.29 is 19.1 Å². The number of fused-ring (bicyclic) bond motifs is 1. The van der Waals surface area contributed by atoms with Crippen LogP contribution in [0.2, 0.25) is 0 Å². The minimum absolute atomic E-state index is 0.0298. The number of benzene rings is 1. The van der Waals surface area contributed by atoms with Gasteiger partial charge in [0.2, 0.25) is 18.6 Å². The molecule has 1 aromatic carbocycles. The van der Waals surface area contributed by atoms with Crippen molar-refractivity contribution in [2.75, 3.05) is 18.7 Å². The van der Waals surface area contributed by atoms with Gasteiger partial charge in [-0.25, -0.2) is 4.98 Å². The predicted molar refractivity (Wildman–Crippen MR) is 97.3 cm³/mol. The van der Waals surface area contributed by atoms with E-state index < -0.39 is 0 Å². The van der Waals surface area contributed by atoms with E-state index >= 15 is 0 Å². The molecule has 0 saturated heterocycles. The minimum atomic E-state index is -0.275. The Hall–Kier alpha value is -2.61. The van der Waals surface area contributed by atoms with Crippen molar-refractivity contribution in [1.82, 2.24) is 10.3 Å². The number of nitrogens with zero attached hydrogens (tertiary/aromatic N) is 1. The highest BCUT2D eigenvalue weighted by Gasteiger charge is 2.23. The zero-order valence-corrected chi connectivity index (χ0v) is 14.9. The third kappa shape index (κ3) is 3.65. The summed E-state index contributed by atoms with van der Waals surface area (Å²) in [6.45, 7) is 0.192. The standard InChI is InChI=1S/C18H19N3O4S/c22-16(8-19-17(23)11-3-1-2-4-11)21-18-20-13(9-26-18)12-5-6-14-15(7-12)25-10-24-14/h5-7,9,11H,1-4,8,10H2,(H,19,23)(H,20,21,22). The molecule has 2 aliphatic rings. The van der Waals surface area contributed by atoms with Crippen LogP contribution in [0.15, 0.2) is 23.6 Å². The summed E-state index contributed by atoms with van der Waals surface area (Å²) >= 11 is 1.34. The number of carbonyl (C=O) groups is 2. The van der Waals surface area contributed by atoms with E-state index in [4.69, 9.17) is 9.47 Å². The quantitative estimate of drug-likeness (QED) is 0.841. The van der Waals surface area contributed by atoms with Gasteiger partial charge in [-0.05, 0) is 31.0 Å². The van der Waals surface area contributed by atoms with Gasteiger partial charge in [0.15, 0.2) is 16.6 Å². The van der Waals surface area contributed by atoms with E-state index in [1.807, 2.05) is 23.6 Å². The number of amides is 2. The third-order valence-corrected chi connectivity index (χ3v) is 5.33. The second kappa shape index (κ2) is 7.33. The van der Waals surface area contributed by atoms with Gasteiger partial charge < -0.3 is 20.1 Å². The summed E-state index contributed by atoms with van der Waals surface area (Å²) in [5, 5.41) is 7.80. The van der Waals surface area contributed by atoms with Crippen LogP contribution in [0.4, 0.5) is 5.13 Å². The van der Waals surface area contributed by atoms with E-state index in [1.54, 1.807) is 0 Å². The maximum Gasteiger partial charge on any atom is 0.245 e. The average Bonchev–Trinajstić information content (AvgIpc) is 3.39. The Kier molecular flexibility index (Phi) is 4.75. The molecule has 0 atom stereocenters. The molecule has 0 unspecified atom stereocenters. The first-order valence-electron chi connectivity index (χ1n) is 8.62. The number of ether oxygens (including phenoxy) is 2. The predicted octanol–water partition coefficient (Wildman–Crippen LogP) is 2.78. The number of carbonyl (C=O) groups excluding carboxylic acids is 2. The van der Waals surface area contributed by atoms with Gasteiger partial charge in [-0.1, -0.05) is 12.8 Å². The molecule has 2 N–H and O–H groups in total. The molecule has 2 amide bonds. The van der Waals surface area contributed by atoms with Gasteiger partial charge in [0, 0.05) is 16.9 Å². The Morgan fingerprint density at radius 3 is 2.85 bits per heavy atom. The Morgan fingerprint density at radius 1 is 1.19 bits per heavy atom. The Labute approximate surface area is 154 Å². The summed E-state index contributed by atoms with van der Waals surface area (Å²) < 4.78 is 10.7. The van der Waals surface area contributed by atoms with E-state index in [2.05, 4.69) is 15.6 Å². The molecule has 0 spiro atoms. The molecule has 1 saturated carbocycles. The normalized spacial score (nSPS) is 15.8. The highest BCUT2D eigenvalue weighted by molar-refractivity contribution is 7.14. The molecule has 1 aliphatic heterocycles. The van der Waals surface area contributed by atoms with Crippen LogP contribution in [0.3, 0.4) is 0 Å². The fraction of sp³-hybridized carbons (Fsp3) is 0.389. The van der Waals surface area contributed by atoms with Gasteiger partial charge >= 0.3 is 0 Å². The van der Waals surface area contributed by atoms with Gasteiger partial charge in [0.25, 0.3) is 0 Å². The van der Waals surface area contributed by atoms with Gasteiger partial charge in [0.05, 0.1) is 12.2 Å². The zero-order valence-electron chi connectivity index (χ0n) is 14.1. The van der Waals surface area contributed by atoms with Crippen LogP contribution >= 0.6 is 11.3 Å². The van der Waals surface area contributed by atoms with Crippen molar-refractivity contribution in [3.8, 4) is 22.8 Å². The van der Waals surface area contributed by atoms with Crippen molar-refractivity contribution >= 4 is 28.3 Å². The second-order valence-electron chi connectivity index (χ2n) is 6.35. The summed E-state index contributed by atoms with van der Waals surface area (Å²) in [5.41, 5.74) is 1.64. The fourth-order valence-corrected chi connectivity index (χ4v) is 3.92. The van der Waals surface area contributed by atoms with E-state index in [-0.39, 0.29) is 31.1 Å². The molecular formula is C18H19N3O4S. The maximum absolute atomic E-state index is 12.0. The van der Waals surface area contributed by atoms with E-state index in [1.165, 1.54) is 11.3 Å². The first-order valence-corrected chi connectivity index (χ1v) is 9.50. The van der Waals surface area contributed by atoms with E-state index in [9.17, 15) is 9.59 Å². The Bertz CT molecular complexity index is 830. The largest absolute Gasteiger partial charge is 0.454 e. The molecule has 8 heteroatoms. The molecule has 7 nitrogen and oxygen atoms in total. The summed E-state index contributed by atoms with van der Waals surface area (Å²) in [7, 11) is 0. The van der Waals surface area contributed by atoms with Crippen molar-refractivity contribution in [3.63, 3.8) is 0 Å². The number of anilines is 1. The number of rotatable bonds is 5. The monoisotopic (exact) mass is 373 g/mol. The molecule has 0 radical (unpaired) electrons. The maximum atomic E-state index is 12.0. The lowest BCUT2D eigenvalue weighted by molar-refractivity contribution is -0.127. The lowest BCUT2D eigenvalue weighted by Gasteiger charge is -2.09. The van der Waals surface area contributed by atoms with Crippen LogP contribution in [0.1, 0.15) is 25.7 Å². The van der Waals surface area contributed by atoms with Crippen LogP contribution in [-0.2, 0) is 9.59 Å². The zero-order chi connectivity index (χ0) is 17.9. The number of hydrogen-bond donors (Lipinski definition) is 2. The van der Waals surface area contributed by atoms with Gasteiger partial charge in [0.1, 0.15) is 0 Å². The molecule has 0 bridgehead atoms. The Morgan fingerprint density at radius 2 is 2.00 bits per heavy atom. The molecule has 2 aromatic rings. The molecule has 1 aliphatic carbocycles. The molecule has 1 fully saturated rings. The molecule has 4 rings (SSSR count). The highest BCUT2D eigenvalue weighted by Crippen LogP contribution is 2.36. The highest BCUT2D eigenvalue weighted by atomic mass is 32.1. The van der Waals surface area contributed by atoms with Crippen molar-refractivity contribution in [3.05, 3.63) is 23.6 Å². The van der Waals surface area contributed by atoms with Crippen molar-refractivity contribution in [2.24, 2.45) is 5.92 Å². The number of aromatic nitrogens is 1. The van der Waals surface area contributed by atoms with E-state index in [0.717, 1.165) is 42.7 Å². The molecule has 136 valence electrons. The SMILES string of the molecule is O=C(CNC(=O)C1CCCC1)Nc1nc(-c2ccc3c(c2)OCO3)cs1. The lowest BCUT2D eigenvalue weighted by Crippen LogP contribution is -2.36. The van der Waals surface area contributed by atoms with E-state index in [0.29, 0.717) is 10.9 Å². The van der Waals surface area contributed by atoms with Crippen molar-refractivity contribution in [1.29, 1.82) is 0 Å². The van der Waals surface area contributed by atoms with Crippen LogP contribution in [0, 0.1) is 5.92 Å². The molecule has 1 aromatic heterocycles. The summed E-state index contributed by atoms with van der Waals surface area (Å²) in [6, 6.07) is 5.61. The smallest absolute Gasteiger partial charge is 0.245 e. The summed E-state index contributed by atoms with van der Waals surface area (Å²) in [5.74, 6) is 1.16. The first kappa shape index (κ1) is 16.8. The summed E-state index contributed by atoms with van der Waals surface area (Å²) in [6.07, 6.45) is 4.01. The van der Waals surface area contributed by atoms with Crippen LogP contribution < -0.4 is 20.1 Å². The van der Waals surface area contributed by atoms with Gasteiger partial charge in [-0.2, -0.15) is 0 Å². The number of hydrogen-bond acceptors (Lipinski definition) is 6. The number of thiazole rings is 1. The summed E-state index contributed by atoms with van der Waals surface area (Å²) in [4.78, 5) is 28.4. The fourth-order valence-electron chi connectivity index (χ4n) is 3.18.